The van der Waals surface area contributed by atoms with E-state index < -0.39 is 18.4 Å². The molecule has 1 aromatic heterocycles. The molecule has 0 atom stereocenters. The second kappa shape index (κ2) is 5.39. The van der Waals surface area contributed by atoms with Crippen LogP contribution in [0.2, 0.25) is 0 Å². The van der Waals surface area contributed by atoms with Gasteiger partial charge in [-0.3, -0.25) is 9.59 Å². The fourth-order valence-corrected chi connectivity index (χ4v) is 2.10. The standard InChI is InChI=1S/C12H9IN2O4/c13-7-1-2-8-6(3-7)4-14-10(11(8)18)12(19)15-5-9(16)17/h1-4,18H,5H2,(H,15,19)(H,16,17). The van der Waals surface area contributed by atoms with E-state index in [0.29, 0.717) is 10.8 Å². The Balaban J connectivity index is 2.40. The molecule has 0 unspecified atom stereocenters. The molecule has 0 spiro atoms. The fourth-order valence-electron chi connectivity index (χ4n) is 1.58. The molecule has 19 heavy (non-hydrogen) atoms. The molecule has 6 nitrogen and oxygen atoms in total. The molecule has 7 heteroatoms. The van der Waals surface area contributed by atoms with Crippen LogP contribution < -0.4 is 5.32 Å². The van der Waals surface area contributed by atoms with E-state index in [1.54, 1.807) is 12.1 Å². The lowest BCUT2D eigenvalue weighted by molar-refractivity contribution is -0.135. The average molecular weight is 372 g/mol. The maximum atomic E-state index is 11.7. The largest absolute Gasteiger partial charge is 0.505 e. The lowest BCUT2D eigenvalue weighted by Gasteiger charge is -2.07. The number of carboxylic acids is 1. The number of nitrogens with zero attached hydrogens (tertiary/aromatic N) is 1. The number of nitrogens with one attached hydrogen (secondary N) is 1. The van der Waals surface area contributed by atoms with E-state index in [0.717, 1.165) is 3.57 Å². The molecule has 0 aliphatic rings. The zero-order chi connectivity index (χ0) is 14.0. The van der Waals surface area contributed by atoms with Crippen molar-refractivity contribution < 1.29 is 19.8 Å². The summed E-state index contributed by atoms with van der Waals surface area (Å²) in [5.41, 5.74) is -0.185. The van der Waals surface area contributed by atoms with Gasteiger partial charge in [-0.25, -0.2) is 4.98 Å². The number of halogens is 1. The second-order valence-electron chi connectivity index (χ2n) is 3.76. The minimum Gasteiger partial charge on any atom is -0.505 e. The molecule has 0 bridgehead atoms. The predicted octanol–water partition coefficient (Wildman–Crippen LogP) is 1.36. The van der Waals surface area contributed by atoms with Crippen molar-refractivity contribution in [3.05, 3.63) is 33.7 Å². The number of carboxylic acid groups (broad SMARTS) is 1. The van der Waals surface area contributed by atoms with Crippen LogP contribution >= 0.6 is 22.6 Å². The highest BCUT2D eigenvalue weighted by molar-refractivity contribution is 14.1. The van der Waals surface area contributed by atoms with Crippen molar-refractivity contribution >= 4 is 45.2 Å². The summed E-state index contributed by atoms with van der Waals surface area (Å²) in [6.07, 6.45) is 1.47. The molecule has 3 N–H and O–H groups in total. The van der Waals surface area contributed by atoms with E-state index in [4.69, 9.17) is 5.11 Å². The molecule has 0 saturated heterocycles. The highest BCUT2D eigenvalue weighted by Gasteiger charge is 2.16. The van der Waals surface area contributed by atoms with Crippen molar-refractivity contribution in [3.63, 3.8) is 0 Å². The molecule has 1 aromatic carbocycles. The van der Waals surface area contributed by atoms with E-state index >= 15 is 0 Å². The van der Waals surface area contributed by atoms with Gasteiger partial charge >= 0.3 is 5.97 Å². The van der Waals surface area contributed by atoms with Gasteiger partial charge in [-0.1, -0.05) is 0 Å². The average Bonchev–Trinajstić information content (AvgIpc) is 2.36. The first kappa shape index (κ1) is 13.5. The number of amides is 1. The van der Waals surface area contributed by atoms with Gasteiger partial charge in [-0.2, -0.15) is 0 Å². The lowest BCUT2D eigenvalue weighted by Crippen LogP contribution is -2.29. The Kier molecular flexibility index (Phi) is 3.84. The number of aromatic hydroxyl groups is 1. The van der Waals surface area contributed by atoms with E-state index in [1.165, 1.54) is 6.20 Å². The normalized spacial score (nSPS) is 10.4. The van der Waals surface area contributed by atoms with Crippen molar-refractivity contribution in [1.82, 2.24) is 10.3 Å². The topological polar surface area (TPSA) is 99.5 Å². The SMILES string of the molecule is O=C(O)CNC(=O)c1ncc2cc(I)ccc2c1O. The molecule has 0 aliphatic heterocycles. The number of hydrogen-bond donors (Lipinski definition) is 3. The van der Waals surface area contributed by atoms with E-state index in [2.05, 4.69) is 32.9 Å². The smallest absolute Gasteiger partial charge is 0.322 e. The van der Waals surface area contributed by atoms with Gasteiger partial charge < -0.3 is 15.5 Å². The van der Waals surface area contributed by atoms with Gasteiger partial charge in [0.25, 0.3) is 5.91 Å². The molecular formula is C12H9IN2O4. The number of aromatic nitrogens is 1. The van der Waals surface area contributed by atoms with Crippen LogP contribution in [0.25, 0.3) is 10.8 Å². The third-order valence-corrected chi connectivity index (χ3v) is 3.11. The maximum absolute atomic E-state index is 11.7. The van der Waals surface area contributed by atoms with Gasteiger partial charge in [0, 0.05) is 20.5 Å². The second-order valence-corrected chi connectivity index (χ2v) is 5.01. The van der Waals surface area contributed by atoms with E-state index in [9.17, 15) is 14.7 Å². The van der Waals surface area contributed by atoms with Crippen molar-refractivity contribution in [3.8, 4) is 5.75 Å². The summed E-state index contributed by atoms with van der Waals surface area (Å²) in [5.74, 6) is -2.14. The van der Waals surface area contributed by atoms with Crippen molar-refractivity contribution in [2.45, 2.75) is 0 Å². The summed E-state index contributed by atoms with van der Waals surface area (Å²) in [7, 11) is 0. The van der Waals surface area contributed by atoms with Gasteiger partial charge in [0.15, 0.2) is 11.4 Å². The minimum atomic E-state index is -1.16. The third kappa shape index (κ3) is 2.92. The molecular weight excluding hydrogens is 363 g/mol. The Morgan fingerprint density at radius 1 is 1.37 bits per heavy atom. The number of aliphatic carboxylic acids is 1. The van der Waals surface area contributed by atoms with Crippen LogP contribution in [0, 0.1) is 3.57 Å². The van der Waals surface area contributed by atoms with Gasteiger partial charge in [-0.15, -0.1) is 0 Å². The molecule has 2 aromatic rings. The monoisotopic (exact) mass is 372 g/mol. The van der Waals surface area contributed by atoms with Crippen LogP contribution in [-0.4, -0.2) is 33.6 Å². The molecule has 2 rings (SSSR count). The lowest BCUT2D eigenvalue weighted by atomic mass is 10.1. The summed E-state index contributed by atoms with van der Waals surface area (Å²) in [6.45, 7) is -0.523. The summed E-state index contributed by atoms with van der Waals surface area (Å²) in [5, 5.41) is 21.8. The van der Waals surface area contributed by atoms with Gasteiger partial charge in [0.05, 0.1) is 0 Å². The highest BCUT2D eigenvalue weighted by atomic mass is 127. The molecule has 1 amide bonds. The van der Waals surface area contributed by atoms with E-state index in [1.807, 2.05) is 6.07 Å². The minimum absolute atomic E-state index is 0.185. The number of rotatable bonds is 3. The fraction of sp³-hybridized carbons (Fsp3) is 0.0833. The Bertz CT molecular complexity index is 672. The Hall–Kier alpha value is -1.90. The predicted molar refractivity (Wildman–Crippen MR) is 76.1 cm³/mol. The number of carbonyl (C=O) groups is 2. The van der Waals surface area contributed by atoms with Crippen LogP contribution in [0.15, 0.2) is 24.4 Å². The van der Waals surface area contributed by atoms with Crippen LogP contribution in [0.5, 0.6) is 5.75 Å². The number of fused-ring (bicyclic) bond motifs is 1. The van der Waals surface area contributed by atoms with Crippen LogP contribution in [0.3, 0.4) is 0 Å². The van der Waals surface area contributed by atoms with E-state index in [-0.39, 0.29) is 11.4 Å². The summed E-state index contributed by atoms with van der Waals surface area (Å²) in [4.78, 5) is 25.9. The van der Waals surface area contributed by atoms with Crippen LogP contribution in [0.4, 0.5) is 0 Å². The van der Waals surface area contributed by atoms with Gasteiger partial charge in [0.2, 0.25) is 0 Å². The third-order valence-electron chi connectivity index (χ3n) is 2.44. The summed E-state index contributed by atoms with van der Waals surface area (Å²) in [6, 6.07) is 5.30. The molecule has 0 aliphatic carbocycles. The maximum Gasteiger partial charge on any atom is 0.322 e. The molecule has 1 heterocycles. The van der Waals surface area contributed by atoms with Gasteiger partial charge in [0.1, 0.15) is 6.54 Å². The number of carbonyl (C=O) groups excluding carboxylic acids is 1. The first-order valence-electron chi connectivity index (χ1n) is 5.26. The van der Waals surface area contributed by atoms with Crippen LogP contribution in [-0.2, 0) is 4.79 Å². The number of pyridine rings is 1. The zero-order valence-corrected chi connectivity index (χ0v) is 11.7. The molecule has 0 radical (unpaired) electrons. The highest BCUT2D eigenvalue weighted by Crippen LogP contribution is 2.27. The first-order chi connectivity index (χ1) is 8.99. The first-order valence-corrected chi connectivity index (χ1v) is 6.34. The molecule has 98 valence electrons. The number of hydrogen-bond acceptors (Lipinski definition) is 4. The molecule has 0 saturated carbocycles. The Morgan fingerprint density at radius 3 is 2.79 bits per heavy atom. The van der Waals surface area contributed by atoms with Crippen molar-refractivity contribution in [1.29, 1.82) is 0 Å². The quantitative estimate of drug-likeness (QED) is 0.707. The number of benzene rings is 1. The van der Waals surface area contributed by atoms with Crippen molar-refractivity contribution in [2.24, 2.45) is 0 Å². The van der Waals surface area contributed by atoms with Crippen molar-refractivity contribution in [2.75, 3.05) is 6.54 Å². The Labute approximate surface area is 121 Å². The van der Waals surface area contributed by atoms with Crippen LogP contribution in [0.1, 0.15) is 10.5 Å². The molecule has 0 fully saturated rings. The summed E-state index contributed by atoms with van der Waals surface area (Å²) < 4.78 is 0.981. The Morgan fingerprint density at radius 2 is 2.11 bits per heavy atom. The zero-order valence-electron chi connectivity index (χ0n) is 9.55. The van der Waals surface area contributed by atoms with Gasteiger partial charge in [-0.05, 0) is 40.8 Å². The summed E-state index contributed by atoms with van der Waals surface area (Å²) >= 11 is 2.13.